The van der Waals surface area contributed by atoms with Crippen LogP contribution in [0.15, 0.2) is 0 Å². The number of unbranched alkanes of at least 4 members (excludes halogenated alkanes) is 11. The number of carbonyl (C=O) groups is 3. The van der Waals surface area contributed by atoms with Gasteiger partial charge in [0, 0.05) is 6.42 Å². The number of aliphatic hydroxyl groups is 4. The lowest BCUT2D eigenvalue weighted by molar-refractivity contribution is -0.201. The van der Waals surface area contributed by atoms with Crippen molar-refractivity contribution in [2.24, 2.45) is 0 Å². The van der Waals surface area contributed by atoms with Crippen molar-refractivity contribution >= 4 is 17.8 Å². The number of carboxylic acid groups (broad SMARTS) is 2. The predicted octanol–water partition coefficient (Wildman–Crippen LogP) is 1.13. The lowest BCUT2D eigenvalue weighted by atomic mass is 9.97. The van der Waals surface area contributed by atoms with Gasteiger partial charge in [-0.25, -0.2) is 9.59 Å². The van der Waals surface area contributed by atoms with Crippen LogP contribution in [-0.4, -0.2) is 72.5 Å². The fourth-order valence-electron chi connectivity index (χ4n) is 3.22. The smallest absolute Gasteiger partial charge is 0.360 e. The summed E-state index contributed by atoms with van der Waals surface area (Å²) in [6.45, 7) is 2.19. The highest BCUT2D eigenvalue weighted by molar-refractivity contribution is 5.86. The van der Waals surface area contributed by atoms with Crippen LogP contribution < -0.4 is 5.32 Å². The van der Waals surface area contributed by atoms with Gasteiger partial charge in [-0.15, -0.1) is 0 Å². The molecule has 0 unspecified atom stereocenters. The van der Waals surface area contributed by atoms with Crippen LogP contribution in [0, 0.1) is 0 Å². The molecule has 0 saturated heterocycles. The Bertz CT molecular complexity index is 543. The SMILES string of the molecule is CCCCCCCCCCCCCCC(=O)N[C@](O)(C(=O)O)[C@@H](O)[C@H](O)[C@H](O)C(=O)O. The van der Waals surface area contributed by atoms with E-state index >= 15 is 0 Å². The fraction of sp³-hybridized carbons (Fsp3) is 0.857. The lowest BCUT2D eigenvalue weighted by Gasteiger charge is -2.33. The van der Waals surface area contributed by atoms with E-state index in [1.54, 1.807) is 5.32 Å². The molecule has 31 heavy (non-hydrogen) atoms. The first-order chi connectivity index (χ1) is 14.6. The Hall–Kier alpha value is -1.75. The van der Waals surface area contributed by atoms with Gasteiger partial charge in [0.1, 0.15) is 12.2 Å². The van der Waals surface area contributed by atoms with E-state index < -0.39 is 41.9 Å². The zero-order valence-electron chi connectivity index (χ0n) is 18.3. The van der Waals surface area contributed by atoms with Gasteiger partial charge in [-0.1, -0.05) is 77.6 Å². The monoisotopic (exact) mass is 449 g/mol. The standard InChI is InChI=1S/C21H39NO9/c1-2-3-4-5-6-7-8-9-10-11-12-13-14-15(23)22-21(31,20(29)30)18(26)16(24)17(25)19(27)28/h16-18,24-26,31H,2-14H2,1H3,(H,22,23)(H,27,28)(H,29,30)/t16-,17+,18+,21-/m1/s1. The zero-order chi connectivity index (χ0) is 23.9. The topological polar surface area (TPSA) is 185 Å². The van der Waals surface area contributed by atoms with Crippen molar-refractivity contribution in [2.45, 2.75) is 114 Å². The Kier molecular flexibility index (Phi) is 15.1. The number of rotatable bonds is 19. The predicted molar refractivity (Wildman–Crippen MR) is 112 cm³/mol. The van der Waals surface area contributed by atoms with Crippen LogP contribution in [0.4, 0.5) is 0 Å². The van der Waals surface area contributed by atoms with Crippen LogP contribution in [0.2, 0.25) is 0 Å². The minimum Gasteiger partial charge on any atom is -0.479 e. The number of carboxylic acids is 2. The highest BCUT2D eigenvalue weighted by atomic mass is 16.5. The number of carbonyl (C=O) groups excluding carboxylic acids is 1. The first kappa shape index (κ1) is 29.2. The summed E-state index contributed by atoms with van der Waals surface area (Å²) in [4.78, 5) is 33.9. The Morgan fingerprint density at radius 1 is 0.774 bits per heavy atom. The Balaban J connectivity index is 4.18. The summed E-state index contributed by atoms with van der Waals surface area (Å²) in [5, 5.41) is 58.2. The van der Waals surface area contributed by atoms with E-state index in [1.807, 2.05) is 0 Å². The molecular weight excluding hydrogens is 410 g/mol. The normalized spacial score (nSPS) is 16.2. The first-order valence-corrected chi connectivity index (χ1v) is 11.1. The molecule has 7 N–H and O–H groups in total. The summed E-state index contributed by atoms with van der Waals surface area (Å²) in [6, 6.07) is 0. The van der Waals surface area contributed by atoms with E-state index in [4.69, 9.17) is 10.2 Å². The lowest BCUT2D eigenvalue weighted by Crippen LogP contribution is -2.67. The molecule has 0 bridgehead atoms. The van der Waals surface area contributed by atoms with E-state index in [2.05, 4.69) is 6.92 Å². The van der Waals surface area contributed by atoms with Gasteiger partial charge < -0.3 is 36.0 Å². The quantitative estimate of drug-likeness (QED) is 0.112. The van der Waals surface area contributed by atoms with Crippen molar-refractivity contribution in [2.75, 3.05) is 0 Å². The van der Waals surface area contributed by atoms with Crippen LogP contribution in [-0.2, 0) is 14.4 Å². The average Bonchev–Trinajstić information content (AvgIpc) is 2.72. The molecule has 0 aliphatic carbocycles. The third-order valence-corrected chi connectivity index (χ3v) is 5.24. The van der Waals surface area contributed by atoms with Crippen molar-refractivity contribution in [3.8, 4) is 0 Å². The summed E-state index contributed by atoms with van der Waals surface area (Å²) < 4.78 is 0. The highest BCUT2D eigenvalue weighted by Gasteiger charge is 2.51. The maximum absolute atomic E-state index is 12.0. The van der Waals surface area contributed by atoms with Crippen LogP contribution in [0.1, 0.15) is 90.4 Å². The third kappa shape index (κ3) is 11.4. The molecule has 0 aliphatic rings. The van der Waals surface area contributed by atoms with Crippen molar-refractivity contribution in [1.29, 1.82) is 0 Å². The number of nitrogens with one attached hydrogen (secondary N) is 1. The minimum absolute atomic E-state index is 0.114. The fourth-order valence-corrected chi connectivity index (χ4v) is 3.22. The summed E-state index contributed by atoms with van der Waals surface area (Å²) in [5.74, 6) is -4.91. The maximum atomic E-state index is 12.0. The average molecular weight is 450 g/mol. The number of hydrogen-bond acceptors (Lipinski definition) is 7. The molecule has 1 amide bonds. The molecule has 0 saturated carbocycles. The molecule has 0 heterocycles. The van der Waals surface area contributed by atoms with Gasteiger partial charge >= 0.3 is 11.9 Å². The van der Waals surface area contributed by atoms with E-state index in [-0.39, 0.29) is 6.42 Å². The molecule has 4 atom stereocenters. The molecule has 0 spiro atoms. The minimum atomic E-state index is -3.34. The van der Waals surface area contributed by atoms with Gasteiger partial charge in [-0.3, -0.25) is 4.79 Å². The molecule has 10 nitrogen and oxygen atoms in total. The van der Waals surface area contributed by atoms with Crippen LogP contribution in [0.5, 0.6) is 0 Å². The molecule has 10 heteroatoms. The third-order valence-electron chi connectivity index (χ3n) is 5.24. The summed E-state index contributed by atoms with van der Waals surface area (Å²) in [6.07, 6.45) is 5.17. The van der Waals surface area contributed by atoms with Gasteiger partial charge in [0.25, 0.3) is 5.72 Å². The second-order valence-electron chi connectivity index (χ2n) is 7.98. The van der Waals surface area contributed by atoms with E-state index in [9.17, 15) is 34.8 Å². The van der Waals surface area contributed by atoms with E-state index in [1.165, 1.54) is 44.9 Å². The van der Waals surface area contributed by atoms with Crippen molar-refractivity contribution < 1.29 is 45.0 Å². The summed E-state index contributed by atoms with van der Waals surface area (Å²) >= 11 is 0. The molecular formula is C21H39NO9. The second-order valence-corrected chi connectivity index (χ2v) is 7.98. The van der Waals surface area contributed by atoms with Crippen molar-refractivity contribution in [3.63, 3.8) is 0 Å². The van der Waals surface area contributed by atoms with Crippen molar-refractivity contribution in [1.82, 2.24) is 5.32 Å². The number of hydrogen-bond donors (Lipinski definition) is 7. The molecule has 0 aromatic carbocycles. The second kappa shape index (κ2) is 16.0. The number of amides is 1. The Labute approximate surface area is 183 Å². The van der Waals surface area contributed by atoms with E-state index in [0.717, 1.165) is 25.7 Å². The molecule has 0 rings (SSSR count). The van der Waals surface area contributed by atoms with Gasteiger partial charge in [-0.2, -0.15) is 0 Å². The van der Waals surface area contributed by atoms with Crippen LogP contribution in [0.3, 0.4) is 0 Å². The first-order valence-electron chi connectivity index (χ1n) is 11.1. The largest absolute Gasteiger partial charge is 0.479 e. The van der Waals surface area contributed by atoms with Gasteiger partial charge in [0.05, 0.1) is 0 Å². The van der Waals surface area contributed by atoms with Crippen LogP contribution in [0.25, 0.3) is 0 Å². The molecule has 0 fully saturated rings. The zero-order valence-corrected chi connectivity index (χ0v) is 18.3. The van der Waals surface area contributed by atoms with Crippen LogP contribution >= 0.6 is 0 Å². The van der Waals surface area contributed by atoms with Gasteiger partial charge in [0.15, 0.2) is 6.10 Å². The summed E-state index contributed by atoms with van der Waals surface area (Å²) in [5.41, 5.74) is -3.34. The van der Waals surface area contributed by atoms with Gasteiger partial charge in [0.2, 0.25) is 5.91 Å². The molecule has 0 aliphatic heterocycles. The summed E-state index contributed by atoms with van der Waals surface area (Å²) in [7, 11) is 0. The van der Waals surface area contributed by atoms with Gasteiger partial charge in [-0.05, 0) is 6.42 Å². The molecule has 182 valence electrons. The maximum Gasteiger partial charge on any atom is 0.360 e. The molecule has 0 aromatic heterocycles. The molecule has 0 aromatic rings. The highest BCUT2D eigenvalue weighted by Crippen LogP contribution is 2.16. The molecule has 0 radical (unpaired) electrons. The Morgan fingerprint density at radius 3 is 1.58 bits per heavy atom. The van der Waals surface area contributed by atoms with Crippen molar-refractivity contribution in [3.05, 3.63) is 0 Å². The Morgan fingerprint density at radius 2 is 1.19 bits per heavy atom. The van der Waals surface area contributed by atoms with E-state index in [0.29, 0.717) is 6.42 Å². The number of aliphatic hydroxyl groups excluding tert-OH is 3. The number of aliphatic carboxylic acids is 2.